The summed E-state index contributed by atoms with van der Waals surface area (Å²) in [5, 5.41) is 18.4. The molecule has 0 unspecified atom stereocenters. The van der Waals surface area contributed by atoms with Gasteiger partial charge in [0.1, 0.15) is 0 Å². The third kappa shape index (κ3) is 6.93. The number of anilines is 1. The van der Waals surface area contributed by atoms with Gasteiger partial charge in [0.15, 0.2) is 23.7 Å². The van der Waals surface area contributed by atoms with Crippen molar-refractivity contribution in [2.45, 2.75) is 12.5 Å². The molecular formula is C31H28BrN3O5. The molecule has 0 atom stereocenters. The molecule has 0 radical (unpaired) electrons. The summed E-state index contributed by atoms with van der Waals surface area (Å²) in [4.78, 5) is 25.6. The summed E-state index contributed by atoms with van der Waals surface area (Å²) in [7, 11) is 0. The minimum absolute atomic E-state index is 0.228. The van der Waals surface area contributed by atoms with Crippen LogP contribution in [-0.4, -0.2) is 36.3 Å². The lowest BCUT2D eigenvalue weighted by molar-refractivity contribution is -0.136. The van der Waals surface area contributed by atoms with E-state index in [4.69, 9.17) is 9.47 Å². The Kier molecular flexibility index (Phi) is 9.66. The fraction of sp³-hybridized carbons (Fsp3) is 0.129. The lowest BCUT2D eigenvalue weighted by Crippen LogP contribution is -2.43. The molecule has 204 valence electrons. The first-order valence-electron chi connectivity index (χ1n) is 12.5. The Hall–Kier alpha value is -4.47. The molecule has 0 heterocycles. The van der Waals surface area contributed by atoms with Gasteiger partial charge in [-0.3, -0.25) is 9.59 Å². The first-order valence-corrected chi connectivity index (χ1v) is 13.3. The molecule has 0 fully saturated rings. The fourth-order valence-electron chi connectivity index (χ4n) is 3.96. The highest BCUT2D eigenvalue weighted by molar-refractivity contribution is 9.10. The molecule has 0 saturated heterocycles. The summed E-state index contributed by atoms with van der Waals surface area (Å²) < 4.78 is 12.0. The van der Waals surface area contributed by atoms with Gasteiger partial charge in [-0.05, 0) is 63.8 Å². The van der Waals surface area contributed by atoms with Crippen LogP contribution in [0.4, 0.5) is 5.69 Å². The SMILES string of the molecule is CCOc1cc(/C=N\NC(=O)C(O)(c2ccccc2)c2ccccc2)cc(Br)c1OCC(=O)Nc1ccccc1. The van der Waals surface area contributed by atoms with Crippen molar-refractivity contribution in [3.05, 3.63) is 124 Å². The molecule has 0 aliphatic rings. The van der Waals surface area contributed by atoms with Gasteiger partial charge in [-0.1, -0.05) is 78.9 Å². The van der Waals surface area contributed by atoms with Crippen LogP contribution in [0.25, 0.3) is 0 Å². The Labute approximate surface area is 240 Å². The number of ether oxygens (including phenoxy) is 2. The third-order valence-corrected chi connectivity index (χ3v) is 6.42. The highest BCUT2D eigenvalue weighted by atomic mass is 79.9. The number of rotatable bonds is 11. The quantitative estimate of drug-likeness (QED) is 0.161. The van der Waals surface area contributed by atoms with Gasteiger partial charge in [0.2, 0.25) is 0 Å². The molecule has 4 aromatic rings. The Bertz CT molecular complexity index is 1430. The van der Waals surface area contributed by atoms with Crippen molar-refractivity contribution in [3.63, 3.8) is 0 Å². The van der Waals surface area contributed by atoms with Crippen LogP contribution in [0.2, 0.25) is 0 Å². The van der Waals surface area contributed by atoms with E-state index in [-0.39, 0.29) is 12.5 Å². The van der Waals surface area contributed by atoms with Crippen molar-refractivity contribution < 1.29 is 24.2 Å². The second kappa shape index (κ2) is 13.5. The van der Waals surface area contributed by atoms with Gasteiger partial charge in [0.25, 0.3) is 11.8 Å². The van der Waals surface area contributed by atoms with Crippen molar-refractivity contribution in [2.75, 3.05) is 18.5 Å². The molecule has 8 nitrogen and oxygen atoms in total. The zero-order valence-electron chi connectivity index (χ0n) is 21.7. The number of benzene rings is 4. The van der Waals surface area contributed by atoms with E-state index in [1.165, 1.54) is 6.21 Å². The smallest absolute Gasteiger partial charge is 0.281 e. The minimum atomic E-state index is -1.95. The average Bonchev–Trinajstić information content (AvgIpc) is 2.98. The number of carbonyl (C=O) groups is 2. The number of hydrogen-bond donors (Lipinski definition) is 3. The van der Waals surface area contributed by atoms with Crippen LogP contribution in [0.3, 0.4) is 0 Å². The summed E-state index contributed by atoms with van der Waals surface area (Å²) in [5.41, 5.74) is 2.58. The summed E-state index contributed by atoms with van der Waals surface area (Å²) in [5.74, 6) is -0.288. The number of nitrogens with zero attached hydrogens (tertiary/aromatic N) is 1. The maximum atomic E-state index is 13.3. The van der Waals surface area contributed by atoms with Gasteiger partial charge < -0.3 is 19.9 Å². The van der Waals surface area contributed by atoms with Crippen LogP contribution in [0.15, 0.2) is 113 Å². The summed E-state index contributed by atoms with van der Waals surface area (Å²) in [6, 6.07) is 29.8. The predicted octanol–water partition coefficient (Wildman–Crippen LogP) is 5.25. The van der Waals surface area contributed by atoms with Crippen LogP contribution >= 0.6 is 15.9 Å². The van der Waals surface area contributed by atoms with E-state index < -0.39 is 11.5 Å². The topological polar surface area (TPSA) is 109 Å². The number of para-hydroxylation sites is 1. The Morgan fingerprint density at radius 1 is 0.900 bits per heavy atom. The van der Waals surface area contributed by atoms with Crippen LogP contribution in [-0.2, 0) is 15.2 Å². The molecule has 0 aromatic heterocycles. The lowest BCUT2D eigenvalue weighted by Gasteiger charge is -2.27. The molecule has 3 N–H and O–H groups in total. The average molecular weight is 602 g/mol. The Balaban J connectivity index is 1.49. The highest BCUT2D eigenvalue weighted by Gasteiger charge is 2.39. The van der Waals surface area contributed by atoms with Crippen LogP contribution in [0, 0.1) is 0 Å². The van der Waals surface area contributed by atoms with Crippen LogP contribution in [0.1, 0.15) is 23.6 Å². The van der Waals surface area contributed by atoms with E-state index in [1.807, 2.05) is 37.3 Å². The van der Waals surface area contributed by atoms with Crippen molar-refractivity contribution in [2.24, 2.45) is 5.10 Å². The van der Waals surface area contributed by atoms with E-state index in [9.17, 15) is 14.7 Å². The van der Waals surface area contributed by atoms with E-state index in [0.29, 0.717) is 45.0 Å². The van der Waals surface area contributed by atoms with Crippen molar-refractivity contribution in [3.8, 4) is 11.5 Å². The summed E-state index contributed by atoms with van der Waals surface area (Å²) >= 11 is 3.47. The Morgan fingerprint density at radius 2 is 1.48 bits per heavy atom. The molecule has 9 heteroatoms. The number of amides is 2. The van der Waals surface area contributed by atoms with E-state index in [0.717, 1.165) is 0 Å². The fourth-order valence-corrected chi connectivity index (χ4v) is 4.53. The Morgan fingerprint density at radius 3 is 2.05 bits per heavy atom. The van der Waals surface area contributed by atoms with Gasteiger partial charge >= 0.3 is 0 Å². The molecule has 0 spiro atoms. The largest absolute Gasteiger partial charge is 0.490 e. The summed E-state index contributed by atoms with van der Waals surface area (Å²) in [6.45, 7) is 1.96. The molecule has 2 amide bonds. The number of halogens is 1. The molecule has 0 saturated carbocycles. The molecule has 4 aromatic carbocycles. The van der Waals surface area contributed by atoms with Crippen LogP contribution < -0.4 is 20.2 Å². The number of hydrogen-bond acceptors (Lipinski definition) is 6. The van der Waals surface area contributed by atoms with E-state index >= 15 is 0 Å². The summed E-state index contributed by atoms with van der Waals surface area (Å²) in [6.07, 6.45) is 1.42. The maximum Gasteiger partial charge on any atom is 0.281 e. The zero-order valence-corrected chi connectivity index (χ0v) is 23.3. The molecule has 0 aliphatic heterocycles. The monoisotopic (exact) mass is 601 g/mol. The zero-order chi connectivity index (χ0) is 28.4. The number of aliphatic hydroxyl groups is 1. The van der Waals surface area contributed by atoms with Crippen molar-refractivity contribution in [1.82, 2.24) is 5.43 Å². The normalized spacial score (nSPS) is 11.2. The van der Waals surface area contributed by atoms with Crippen molar-refractivity contribution in [1.29, 1.82) is 0 Å². The third-order valence-electron chi connectivity index (χ3n) is 5.83. The van der Waals surface area contributed by atoms with Gasteiger partial charge in [0.05, 0.1) is 17.3 Å². The van der Waals surface area contributed by atoms with Gasteiger partial charge in [-0.25, -0.2) is 5.43 Å². The lowest BCUT2D eigenvalue weighted by atomic mass is 9.85. The molecular weight excluding hydrogens is 574 g/mol. The van der Waals surface area contributed by atoms with E-state index in [1.54, 1.807) is 72.8 Å². The second-order valence-electron chi connectivity index (χ2n) is 8.61. The number of nitrogens with one attached hydrogen (secondary N) is 2. The van der Waals surface area contributed by atoms with Gasteiger partial charge in [-0.2, -0.15) is 5.10 Å². The maximum absolute atomic E-state index is 13.3. The molecule has 4 rings (SSSR count). The molecule has 0 bridgehead atoms. The van der Waals surface area contributed by atoms with Crippen LogP contribution in [0.5, 0.6) is 11.5 Å². The minimum Gasteiger partial charge on any atom is -0.490 e. The van der Waals surface area contributed by atoms with Gasteiger partial charge in [-0.15, -0.1) is 0 Å². The first-order chi connectivity index (χ1) is 19.4. The highest BCUT2D eigenvalue weighted by Crippen LogP contribution is 2.37. The van der Waals surface area contributed by atoms with Crippen molar-refractivity contribution >= 4 is 39.6 Å². The molecule has 40 heavy (non-hydrogen) atoms. The standard InChI is InChI=1S/C31H28BrN3O5/c1-2-39-27-19-22(18-26(32)29(27)40-21-28(36)34-25-16-10-5-11-17-25)20-33-35-30(37)31(38,23-12-6-3-7-13-23)24-14-8-4-9-15-24/h3-20,38H,2,21H2,1H3,(H,34,36)(H,35,37)/b33-20-. The molecule has 0 aliphatic carbocycles. The predicted molar refractivity (Wildman–Crippen MR) is 157 cm³/mol. The second-order valence-corrected chi connectivity index (χ2v) is 9.46. The first kappa shape index (κ1) is 28.5. The van der Waals surface area contributed by atoms with E-state index in [2.05, 4.69) is 31.8 Å². The number of carbonyl (C=O) groups excluding carboxylic acids is 2. The van der Waals surface area contributed by atoms with Gasteiger partial charge in [0, 0.05) is 5.69 Å². The number of hydrazone groups is 1.